The van der Waals surface area contributed by atoms with Crippen LogP contribution in [-0.2, 0) is 9.53 Å². The predicted molar refractivity (Wildman–Crippen MR) is 62.9 cm³/mol. The molecule has 0 saturated heterocycles. The van der Waals surface area contributed by atoms with E-state index in [0.717, 1.165) is 0 Å². The van der Waals surface area contributed by atoms with Crippen LogP contribution in [-0.4, -0.2) is 18.3 Å². The van der Waals surface area contributed by atoms with E-state index in [1.807, 2.05) is 44.2 Å². The SMILES string of the molecule is COC(=O)[C@H](C)[C@@H](C)Sc1ccccc1. The molecular weight excluding hydrogens is 208 g/mol. The average Bonchev–Trinajstić information content (AvgIpc) is 2.28. The molecule has 0 aliphatic rings. The molecular formula is C12H16O2S. The Morgan fingerprint density at radius 1 is 1.27 bits per heavy atom. The highest BCUT2D eigenvalue weighted by atomic mass is 32.2. The average molecular weight is 224 g/mol. The summed E-state index contributed by atoms with van der Waals surface area (Å²) < 4.78 is 4.72. The zero-order chi connectivity index (χ0) is 11.3. The van der Waals surface area contributed by atoms with E-state index in [1.54, 1.807) is 11.8 Å². The van der Waals surface area contributed by atoms with Crippen molar-refractivity contribution in [3.63, 3.8) is 0 Å². The van der Waals surface area contributed by atoms with E-state index in [9.17, 15) is 4.79 Å². The normalized spacial score (nSPS) is 14.3. The number of carbonyl (C=O) groups excluding carboxylic acids is 1. The van der Waals surface area contributed by atoms with Crippen LogP contribution in [0.4, 0.5) is 0 Å². The monoisotopic (exact) mass is 224 g/mol. The quantitative estimate of drug-likeness (QED) is 0.581. The summed E-state index contributed by atoms with van der Waals surface area (Å²) in [6.45, 7) is 3.94. The van der Waals surface area contributed by atoms with Gasteiger partial charge in [0.2, 0.25) is 0 Å². The number of carbonyl (C=O) groups is 1. The van der Waals surface area contributed by atoms with Crippen LogP contribution in [0.3, 0.4) is 0 Å². The Morgan fingerprint density at radius 2 is 1.87 bits per heavy atom. The van der Waals surface area contributed by atoms with Gasteiger partial charge in [-0.25, -0.2) is 0 Å². The van der Waals surface area contributed by atoms with E-state index in [2.05, 4.69) is 0 Å². The molecule has 1 rings (SSSR count). The summed E-state index contributed by atoms with van der Waals surface area (Å²) in [6, 6.07) is 10.1. The van der Waals surface area contributed by atoms with E-state index in [1.165, 1.54) is 12.0 Å². The van der Waals surface area contributed by atoms with Gasteiger partial charge in [0.25, 0.3) is 0 Å². The summed E-state index contributed by atoms with van der Waals surface area (Å²) in [6.07, 6.45) is 0. The molecule has 0 radical (unpaired) electrons. The minimum absolute atomic E-state index is 0.0831. The molecule has 3 heteroatoms. The predicted octanol–water partition coefficient (Wildman–Crippen LogP) is 2.98. The maximum absolute atomic E-state index is 11.3. The zero-order valence-electron chi connectivity index (χ0n) is 9.27. The Balaban J connectivity index is 2.56. The molecule has 0 aromatic heterocycles. The lowest BCUT2D eigenvalue weighted by Gasteiger charge is -2.16. The third-order valence-corrected chi connectivity index (χ3v) is 3.67. The van der Waals surface area contributed by atoms with E-state index >= 15 is 0 Å². The molecule has 0 aliphatic heterocycles. The molecule has 2 atom stereocenters. The molecule has 0 fully saturated rings. The van der Waals surface area contributed by atoms with Gasteiger partial charge < -0.3 is 4.74 Å². The molecule has 1 aromatic rings. The molecule has 0 N–H and O–H groups in total. The van der Waals surface area contributed by atoms with Crippen LogP contribution < -0.4 is 0 Å². The first-order chi connectivity index (χ1) is 7.15. The fraction of sp³-hybridized carbons (Fsp3) is 0.417. The molecule has 1 aromatic carbocycles. The number of hydrogen-bond donors (Lipinski definition) is 0. The lowest BCUT2D eigenvalue weighted by Crippen LogP contribution is -2.21. The number of esters is 1. The van der Waals surface area contributed by atoms with Crippen LogP contribution in [0.2, 0.25) is 0 Å². The first-order valence-corrected chi connectivity index (χ1v) is 5.82. The van der Waals surface area contributed by atoms with Crippen molar-refractivity contribution >= 4 is 17.7 Å². The van der Waals surface area contributed by atoms with E-state index < -0.39 is 0 Å². The smallest absolute Gasteiger partial charge is 0.309 e. The maximum atomic E-state index is 11.3. The summed E-state index contributed by atoms with van der Waals surface area (Å²) in [7, 11) is 1.43. The standard InChI is InChI=1S/C12H16O2S/c1-9(12(13)14-3)10(2)15-11-7-5-4-6-8-11/h4-10H,1-3H3/t9-,10-/m1/s1. The number of methoxy groups -OCH3 is 1. The number of ether oxygens (including phenoxy) is 1. The second-order valence-corrected chi connectivity index (χ2v) is 4.90. The lowest BCUT2D eigenvalue weighted by atomic mass is 10.1. The zero-order valence-corrected chi connectivity index (χ0v) is 10.1. The second kappa shape index (κ2) is 5.81. The van der Waals surface area contributed by atoms with E-state index in [-0.39, 0.29) is 17.1 Å². The fourth-order valence-corrected chi connectivity index (χ4v) is 2.25. The summed E-state index contributed by atoms with van der Waals surface area (Å²) >= 11 is 1.69. The van der Waals surface area contributed by atoms with Gasteiger partial charge in [-0.05, 0) is 12.1 Å². The molecule has 82 valence electrons. The molecule has 0 spiro atoms. The highest BCUT2D eigenvalue weighted by Gasteiger charge is 2.21. The molecule has 15 heavy (non-hydrogen) atoms. The van der Waals surface area contributed by atoms with Crippen LogP contribution in [0, 0.1) is 5.92 Å². The van der Waals surface area contributed by atoms with Crippen LogP contribution in [0.1, 0.15) is 13.8 Å². The van der Waals surface area contributed by atoms with Gasteiger partial charge in [0, 0.05) is 10.1 Å². The van der Waals surface area contributed by atoms with Gasteiger partial charge in [-0.1, -0.05) is 32.0 Å². The van der Waals surface area contributed by atoms with Crippen molar-refractivity contribution in [2.45, 2.75) is 24.0 Å². The maximum Gasteiger partial charge on any atom is 0.309 e. The highest BCUT2D eigenvalue weighted by molar-refractivity contribution is 8.00. The van der Waals surface area contributed by atoms with Gasteiger partial charge in [-0.15, -0.1) is 11.8 Å². The highest BCUT2D eigenvalue weighted by Crippen LogP contribution is 2.27. The third-order valence-electron chi connectivity index (χ3n) is 2.34. The van der Waals surface area contributed by atoms with Gasteiger partial charge in [-0.3, -0.25) is 4.79 Å². The minimum atomic E-state index is -0.147. The topological polar surface area (TPSA) is 26.3 Å². The Labute approximate surface area is 95.0 Å². The number of rotatable bonds is 4. The Hall–Kier alpha value is -0.960. The van der Waals surface area contributed by atoms with Gasteiger partial charge in [0.1, 0.15) is 0 Å². The van der Waals surface area contributed by atoms with Crippen molar-refractivity contribution < 1.29 is 9.53 Å². The first kappa shape index (κ1) is 12.1. The lowest BCUT2D eigenvalue weighted by molar-refractivity contribution is -0.144. The van der Waals surface area contributed by atoms with Crippen LogP contribution >= 0.6 is 11.8 Å². The molecule has 2 nitrogen and oxygen atoms in total. The number of thioether (sulfide) groups is 1. The van der Waals surface area contributed by atoms with Crippen LogP contribution in [0.5, 0.6) is 0 Å². The van der Waals surface area contributed by atoms with E-state index in [4.69, 9.17) is 4.74 Å². The molecule has 0 bridgehead atoms. The molecule has 0 saturated carbocycles. The van der Waals surface area contributed by atoms with Crippen molar-refractivity contribution in [2.75, 3.05) is 7.11 Å². The Bertz CT molecular complexity index is 311. The Morgan fingerprint density at radius 3 is 2.40 bits per heavy atom. The van der Waals surface area contributed by atoms with Crippen molar-refractivity contribution in [3.05, 3.63) is 30.3 Å². The van der Waals surface area contributed by atoms with Crippen molar-refractivity contribution in [2.24, 2.45) is 5.92 Å². The van der Waals surface area contributed by atoms with Crippen molar-refractivity contribution in [1.82, 2.24) is 0 Å². The van der Waals surface area contributed by atoms with Gasteiger partial charge in [0.05, 0.1) is 13.0 Å². The summed E-state index contributed by atoms with van der Waals surface area (Å²) in [5.41, 5.74) is 0. The molecule has 0 unspecified atom stereocenters. The van der Waals surface area contributed by atoms with Crippen LogP contribution in [0.15, 0.2) is 35.2 Å². The largest absolute Gasteiger partial charge is 0.469 e. The minimum Gasteiger partial charge on any atom is -0.469 e. The van der Waals surface area contributed by atoms with Crippen molar-refractivity contribution in [1.29, 1.82) is 0 Å². The van der Waals surface area contributed by atoms with Gasteiger partial charge in [0.15, 0.2) is 0 Å². The van der Waals surface area contributed by atoms with Crippen LogP contribution in [0.25, 0.3) is 0 Å². The molecule has 0 aliphatic carbocycles. The van der Waals surface area contributed by atoms with E-state index in [0.29, 0.717) is 0 Å². The third kappa shape index (κ3) is 3.59. The fourth-order valence-electron chi connectivity index (χ4n) is 1.19. The van der Waals surface area contributed by atoms with Gasteiger partial charge in [-0.2, -0.15) is 0 Å². The summed E-state index contributed by atoms with van der Waals surface area (Å²) in [4.78, 5) is 12.5. The number of benzene rings is 1. The number of hydrogen-bond acceptors (Lipinski definition) is 3. The second-order valence-electron chi connectivity index (χ2n) is 3.45. The molecule has 0 amide bonds. The summed E-state index contributed by atoms with van der Waals surface area (Å²) in [5.74, 6) is -0.230. The van der Waals surface area contributed by atoms with Crippen molar-refractivity contribution in [3.8, 4) is 0 Å². The first-order valence-electron chi connectivity index (χ1n) is 4.94. The molecule has 0 heterocycles. The summed E-state index contributed by atoms with van der Waals surface area (Å²) in [5, 5.41) is 0.222. The van der Waals surface area contributed by atoms with Gasteiger partial charge >= 0.3 is 5.97 Å². The Kier molecular flexibility index (Phi) is 4.69.